The Hall–Kier alpha value is -1.31. The van der Waals surface area contributed by atoms with Crippen LogP contribution in [0.15, 0.2) is 37.8 Å². The number of carbonyl (C=O) groups excluding carboxylic acids is 2. The zero-order valence-electron chi connectivity index (χ0n) is 15.6. The monoisotopic (exact) mass is 406 g/mol. The molecule has 2 aliphatic heterocycles. The van der Waals surface area contributed by atoms with Gasteiger partial charge in [0.1, 0.15) is 5.57 Å². The molecule has 2 aliphatic rings. The van der Waals surface area contributed by atoms with Gasteiger partial charge in [-0.1, -0.05) is 50.4 Å². The fourth-order valence-electron chi connectivity index (χ4n) is 2.87. The molecular formula is C19H22N2O2S3. The van der Waals surface area contributed by atoms with Gasteiger partial charge in [-0.25, -0.2) is 0 Å². The highest BCUT2D eigenvalue weighted by atomic mass is 32.2. The van der Waals surface area contributed by atoms with Crippen LogP contribution in [0.1, 0.15) is 40.2 Å². The molecule has 1 aromatic rings. The van der Waals surface area contributed by atoms with E-state index < -0.39 is 0 Å². The lowest BCUT2D eigenvalue weighted by Crippen LogP contribution is -2.56. The van der Waals surface area contributed by atoms with Crippen LogP contribution in [0.3, 0.4) is 0 Å². The number of likely N-dealkylation sites (N-methyl/N-ethyl adjacent to an activating group) is 2. The van der Waals surface area contributed by atoms with Crippen LogP contribution in [-0.4, -0.2) is 39.8 Å². The first kappa shape index (κ1) is 19.5. The third-order valence-corrected chi connectivity index (χ3v) is 7.41. The number of benzene rings is 1. The van der Waals surface area contributed by atoms with Gasteiger partial charge in [-0.2, -0.15) is 0 Å². The van der Waals surface area contributed by atoms with Gasteiger partial charge in [-0.05, 0) is 49.2 Å². The van der Waals surface area contributed by atoms with Gasteiger partial charge in [0.25, 0.3) is 11.8 Å². The third kappa shape index (κ3) is 3.21. The minimum atomic E-state index is -0.286. The van der Waals surface area contributed by atoms with Gasteiger partial charge < -0.3 is 0 Å². The van der Waals surface area contributed by atoms with Gasteiger partial charge in [-0.3, -0.25) is 19.4 Å². The maximum atomic E-state index is 12.9. The number of carbonyl (C=O) groups is 2. The minimum Gasteiger partial charge on any atom is -0.285 e. The summed E-state index contributed by atoms with van der Waals surface area (Å²) in [6.45, 7) is 11.2. The highest BCUT2D eigenvalue weighted by molar-refractivity contribution is 8.24. The van der Waals surface area contributed by atoms with Gasteiger partial charge in [0.2, 0.25) is 0 Å². The summed E-state index contributed by atoms with van der Waals surface area (Å²) in [6.07, 6.45) is 0. The molecule has 2 amide bonds. The zero-order valence-corrected chi connectivity index (χ0v) is 18.0. The fourth-order valence-corrected chi connectivity index (χ4v) is 5.86. The Morgan fingerprint density at radius 2 is 1.50 bits per heavy atom. The van der Waals surface area contributed by atoms with Crippen molar-refractivity contribution >= 4 is 52.7 Å². The van der Waals surface area contributed by atoms with E-state index >= 15 is 0 Å². The van der Waals surface area contributed by atoms with Gasteiger partial charge in [0.05, 0.1) is 4.24 Å². The van der Waals surface area contributed by atoms with Crippen LogP contribution in [0.4, 0.5) is 0 Å². The van der Waals surface area contributed by atoms with E-state index in [2.05, 4.69) is 39.0 Å². The first-order valence-corrected chi connectivity index (χ1v) is 10.6. The van der Waals surface area contributed by atoms with Gasteiger partial charge in [-0.15, -0.1) is 0 Å². The van der Waals surface area contributed by atoms with E-state index in [-0.39, 0.29) is 22.8 Å². The van der Waals surface area contributed by atoms with Crippen molar-refractivity contribution in [3.05, 3.63) is 33.6 Å². The van der Waals surface area contributed by atoms with Crippen molar-refractivity contribution < 1.29 is 9.59 Å². The van der Waals surface area contributed by atoms with Gasteiger partial charge >= 0.3 is 0 Å². The molecule has 0 N–H and O–H groups in total. The number of nitrogens with zero attached hydrogens (tertiary/aromatic N) is 2. The molecule has 0 radical (unpaired) electrons. The Labute approximate surface area is 168 Å². The van der Waals surface area contributed by atoms with Crippen LogP contribution in [0.5, 0.6) is 0 Å². The highest BCUT2D eigenvalue weighted by Crippen LogP contribution is 2.53. The molecule has 7 heteroatoms. The van der Waals surface area contributed by atoms with Gasteiger partial charge in [0.15, 0.2) is 5.11 Å². The number of rotatable bonds is 2. The smallest absolute Gasteiger partial charge is 0.267 e. The average molecular weight is 407 g/mol. The van der Waals surface area contributed by atoms with Crippen LogP contribution in [0.2, 0.25) is 0 Å². The van der Waals surface area contributed by atoms with E-state index in [9.17, 15) is 9.59 Å². The van der Waals surface area contributed by atoms with E-state index in [4.69, 9.17) is 12.2 Å². The molecule has 4 nitrogen and oxygen atoms in total. The van der Waals surface area contributed by atoms with Crippen LogP contribution in [0, 0.1) is 0 Å². The number of thioether (sulfide) groups is 2. The number of hydrogen-bond acceptors (Lipinski definition) is 5. The SMILES string of the molecule is CCN1C(=O)C(=C2Sc3ccc(C(C)(C)C)cc3S2)C(=O)N(CC)C1=S. The molecule has 0 saturated carbocycles. The Kier molecular flexibility index (Phi) is 5.25. The van der Waals surface area contributed by atoms with E-state index in [1.807, 2.05) is 13.8 Å². The summed E-state index contributed by atoms with van der Waals surface area (Å²) in [6, 6.07) is 6.37. The Balaban J connectivity index is 2.03. The second kappa shape index (κ2) is 7.02. The fraction of sp³-hybridized carbons (Fsp3) is 0.421. The number of fused-ring (bicyclic) bond motifs is 1. The van der Waals surface area contributed by atoms with Crippen molar-refractivity contribution in [2.75, 3.05) is 13.1 Å². The summed E-state index contributed by atoms with van der Waals surface area (Å²) < 4.78 is 0.750. The van der Waals surface area contributed by atoms with Crippen molar-refractivity contribution in [1.82, 2.24) is 9.80 Å². The molecule has 0 spiro atoms. The molecule has 0 bridgehead atoms. The maximum Gasteiger partial charge on any atom is 0.267 e. The van der Waals surface area contributed by atoms with Crippen molar-refractivity contribution in [2.45, 2.75) is 49.8 Å². The molecule has 1 fully saturated rings. The zero-order chi connectivity index (χ0) is 19.2. The highest BCUT2D eigenvalue weighted by Gasteiger charge is 2.41. The van der Waals surface area contributed by atoms with E-state index in [0.717, 1.165) is 14.0 Å². The summed E-state index contributed by atoms with van der Waals surface area (Å²) in [5, 5.41) is 0.301. The molecule has 3 rings (SSSR count). The van der Waals surface area contributed by atoms with E-state index in [1.54, 1.807) is 0 Å². The van der Waals surface area contributed by atoms with Crippen molar-refractivity contribution in [1.29, 1.82) is 0 Å². The normalized spacial score (nSPS) is 18.1. The first-order valence-electron chi connectivity index (χ1n) is 8.61. The lowest BCUT2D eigenvalue weighted by atomic mass is 9.87. The van der Waals surface area contributed by atoms with Crippen LogP contribution < -0.4 is 0 Å². The predicted octanol–water partition coefficient (Wildman–Crippen LogP) is 4.39. The molecule has 1 aromatic carbocycles. The second-order valence-electron chi connectivity index (χ2n) is 7.16. The predicted molar refractivity (Wildman–Crippen MR) is 111 cm³/mol. The Morgan fingerprint density at radius 3 is 2.00 bits per heavy atom. The number of thiocarbonyl (C=S) groups is 1. The number of hydrogen-bond donors (Lipinski definition) is 0. The van der Waals surface area contributed by atoms with Crippen LogP contribution in [0.25, 0.3) is 0 Å². The summed E-state index contributed by atoms with van der Waals surface area (Å²) in [7, 11) is 0. The summed E-state index contributed by atoms with van der Waals surface area (Å²) in [5.41, 5.74) is 1.53. The van der Waals surface area contributed by atoms with E-state index in [1.165, 1.54) is 38.9 Å². The topological polar surface area (TPSA) is 40.6 Å². The second-order valence-corrected chi connectivity index (χ2v) is 9.89. The molecule has 1 saturated heterocycles. The Bertz CT molecular complexity index is 812. The first-order chi connectivity index (χ1) is 12.2. The molecule has 138 valence electrons. The standard InChI is InChI=1S/C19H22N2O2S3/c1-6-20-15(22)14(16(23)21(7-2)18(20)24)17-25-12-9-8-11(19(3,4)5)10-13(12)26-17/h8-10H,6-7H2,1-5H3. The van der Waals surface area contributed by atoms with Crippen molar-refractivity contribution in [2.24, 2.45) is 0 Å². The lowest BCUT2D eigenvalue weighted by Gasteiger charge is -2.35. The van der Waals surface area contributed by atoms with Crippen molar-refractivity contribution in [3.8, 4) is 0 Å². The van der Waals surface area contributed by atoms with E-state index in [0.29, 0.717) is 18.2 Å². The summed E-state index contributed by atoms with van der Waals surface area (Å²) >= 11 is 8.34. The molecular weight excluding hydrogens is 384 g/mol. The number of amides is 2. The average Bonchev–Trinajstić information content (AvgIpc) is 2.97. The molecule has 0 unspecified atom stereocenters. The summed E-state index contributed by atoms with van der Waals surface area (Å²) in [4.78, 5) is 31.0. The molecule has 2 heterocycles. The quantitative estimate of drug-likeness (QED) is 0.414. The molecule has 0 aromatic heterocycles. The summed E-state index contributed by atoms with van der Waals surface area (Å²) in [5.74, 6) is -0.572. The molecule has 0 atom stereocenters. The van der Waals surface area contributed by atoms with Crippen molar-refractivity contribution in [3.63, 3.8) is 0 Å². The van der Waals surface area contributed by atoms with Gasteiger partial charge in [0, 0.05) is 22.9 Å². The largest absolute Gasteiger partial charge is 0.285 e. The van der Waals surface area contributed by atoms with Crippen LogP contribution >= 0.6 is 35.7 Å². The van der Waals surface area contributed by atoms with Crippen LogP contribution in [-0.2, 0) is 15.0 Å². The lowest BCUT2D eigenvalue weighted by molar-refractivity contribution is -0.133. The minimum absolute atomic E-state index is 0.0524. The third-order valence-electron chi connectivity index (χ3n) is 4.43. The Morgan fingerprint density at radius 1 is 0.962 bits per heavy atom. The molecule has 26 heavy (non-hydrogen) atoms. The molecule has 0 aliphatic carbocycles. The maximum absolute atomic E-state index is 12.9.